The van der Waals surface area contributed by atoms with Gasteiger partial charge in [-0.05, 0) is 25.6 Å². The summed E-state index contributed by atoms with van der Waals surface area (Å²) in [4.78, 5) is 16.4. The van der Waals surface area contributed by atoms with E-state index in [1.807, 2.05) is 0 Å². The smallest absolute Gasteiger partial charge is 0.401 e. The van der Waals surface area contributed by atoms with Crippen LogP contribution in [0, 0.1) is 6.92 Å². The first-order valence-corrected chi connectivity index (χ1v) is 5.62. The van der Waals surface area contributed by atoms with Gasteiger partial charge in [0.15, 0.2) is 0 Å². The van der Waals surface area contributed by atoms with Crippen LogP contribution in [0.2, 0.25) is 0 Å². The molecule has 1 aromatic heterocycles. The van der Waals surface area contributed by atoms with Crippen LogP contribution in [-0.4, -0.2) is 48.8 Å². The summed E-state index contributed by atoms with van der Waals surface area (Å²) >= 11 is 0. The average molecular weight is 276 g/mol. The lowest BCUT2D eigenvalue weighted by Gasteiger charge is -2.18. The van der Waals surface area contributed by atoms with E-state index in [4.69, 9.17) is 4.74 Å². The molecule has 0 aliphatic carbocycles. The van der Waals surface area contributed by atoms with Crippen LogP contribution in [0.3, 0.4) is 0 Å². The Morgan fingerprint density at radius 2 is 2.11 bits per heavy atom. The normalized spacial score (nSPS) is 11.7. The van der Waals surface area contributed by atoms with Crippen molar-refractivity contribution in [2.24, 2.45) is 0 Å². The van der Waals surface area contributed by atoms with E-state index in [0.29, 0.717) is 5.56 Å². The number of rotatable bonds is 5. The van der Waals surface area contributed by atoms with Gasteiger partial charge in [0, 0.05) is 18.9 Å². The Bertz CT molecular complexity index is 435. The molecule has 0 N–H and O–H groups in total. The molecule has 1 rings (SSSR count). The number of likely N-dealkylation sites (N-methyl/N-ethyl adjacent to an activating group) is 1. The maximum atomic E-state index is 12.0. The molecule has 0 aliphatic heterocycles. The van der Waals surface area contributed by atoms with Gasteiger partial charge < -0.3 is 4.74 Å². The number of aromatic nitrogens is 1. The van der Waals surface area contributed by atoms with Gasteiger partial charge in [0.1, 0.15) is 6.61 Å². The third kappa shape index (κ3) is 6.19. The fourth-order valence-corrected chi connectivity index (χ4v) is 1.43. The van der Waals surface area contributed by atoms with Gasteiger partial charge in [-0.3, -0.25) is 9.88 Å². The van der Waals surface area contributed by atoms with Crippen molar-refractivity contribution in [1.29, 1.82) is 0 Å². The van der Waals surface area contributed by atoms with Crippen molar-refractivity contribution < 1.29 is 22.7 Å². The molecule has 106 valence electrons. The second-order valence-corrected chi connectivity index (χ2v) is 4.24. The highest BCUT2D eigenvalue weighted by atomic mass is 19.4. The third-order valence-electron chi connectivity index (χ3n) is 2.27. The molecule has 0 aromatic carbocycles. The quantitative estimate of drug-likeness (QED) is 0.772. The van der Waals surface area contributed by atoms with E-state index in [-0.39, 0.29) is 13.2 Å². The summed E-state index contributed by atoms with van der Waals surface area (Å²) in [6.07, 6.45) is -1.30. The number of nitrogens with zero attached hydrogens (tertiary/aromatic N) is 2. The van der Waals surface area contributed by atoms with Gasteiger partial charge in [0.2, 0.25) is 0 Å². The summed E-state index contributed by atoms with van der Waals surface area (Å²) in [6, 6.07) is 1.61. The van der Waals surface area contributed by atoms with E-state index < -0.39 is 18.7 Å². The standard InChI is InChI=1S/C12H15F3N2O2/c1-9-5-10(7-16-6-9)11(18)19-4-3-17(2)8-12(13,14)15/h5-7H,3-4,8H2,1-2H3. The lowest BCUT2D eigenvalue weighted by atomic mass is 10.2. The molecule has 0 unspecified atom stereocenters. The Morgan fingerprint density at radius 3 is 2.68 bits per heavy atom. The number of carbonyl (C=O) groups is 1. The molecule has 1 aromatic rings. The largest absolute Gasteiger partial charge is 0.461 e. The van der Waals surface area contributed by atoms with Crippen molar-refractivity contribution in [2.75, 3.05) is 26.7 Å². The summed E-state index contributed by atoms with van der Waals surface area (Å²) < 4.78 is 41.0. The highest BCUT2D eigenvalue weighted by Crippen LogP contribution is 2.15. The molecule has 0 bridgehead atoms. The van der Waals surface area contributed by atoms with E-state index in [9.17, 15) is 18.0 Å². The molecule has 0 saturated carbocycles. The van der Waals surface area contributed by atoms with Crippen LogP contribution < -0.4 is 0 Å². The van der Waals surface area contributed by atoms with Crippen molar-refractivity contribution in [3.05, 3.63) is 29.6 Å². The summed E-state index contributed by atoms with van der Waals surface area (Å²) in [5.74, 6) is -0.586. The van der Waals surface area contributed by atoms with Crippen LogP contribution in [0.1, 0.15) is 15.9 Å². The number of ether oxygens (including phenoxy) is 1. The van der Waals surface area contributed by atoms with Gasteiger partial charge in [-0.25, -0.2) is 4.79 Å². The first-order valence-electron chi connectivity index (χ1n) is 5.62. The topological polar surface area (TPSA) is 42.4 Å². The highest BCUT2D eigenvalue weighted by Gasteiger charge is 2.28. The van der Waals surface area contributed by atoms with E-state index in [1.165, 1.54) is 13.2 Å². The van der Waals surface area contributed by atoms with Crippen LogP contribution in [-0.2, 0) is 4.74 Å². The number of hydrogen-bond donors (Lipinski definition) is 0. The SMILES string of the molecule is Cc1cncc(C(=O)OCCN(C)CC(F)(F)F)c1. The fourth-order valence-electron chi connectivity index (χ4n) is 1.43. The molecule has 4 nitrogen and oxygen atoms in total. The molecule has 0 aliphatic rings. The molecule has 7 heteroatoms. The highest BCUT2D eigenvalue weighted by molar-refractivity contribution is 5.89. The zero-order valence-electron chi connectivity index (χ0n) is 10.7. The zero-order chi connectivity index (χ0) is 14.5. The molecule has 0 radical (unpaired) electrons. The molecule has 0 amide bonds. The molecule has 1 heterocycles. The van der Waals surface area contributed by atoms with Gasteiger partial charge in [-0.2, -0.15) is 13.2 Å². The molecular formula is C12H15F3N2O2. The average Bonchev–Trinajstić information content (AvgIpc) is 2.26. The van der Waals surface area contributed by atoms with Crippen LogP contribution in [0.15, 0.2) is 18.5 Å². The van der Waals surface area contributed by atoms with E-state index >= 15 is 0 Å². The molecule has 19 heavy (non-hydrogen) atoms. The van der Waals surface area contributed by atoms with Crippen LogP contribution in [0.5, 0.6) is 0 Å². The van der Waals surface area contributed by atoms with Crippen molar-refractivity contribution in [3.63, 3.8) is 0 Å². The second kappa shape index (κ2) is 6.51. The molecule has 0 fully saturated rings. The van der Waals surface area contributed by atoms with Crippen LogP contribution >= 0.6 is 0 Å². The summed E-state index contributed by atoms with van der Waals surface area (Å²) in [5.41, 5.74) is 1.10. The Hall–Kier alpha value is -1.63. The van der Waals surface area contributed by atoms with Crippen molar-refractivity contribution >= 4 is 5.97 Å². The third-order valence-corrected chi connectivity index (χ3v) is 2.27. The van der Waals surface area contributed by atoms with Crippen LogP contribution in [0.25, 0.3) is 0 Å². The van der Waals surface area contributed by atoms with Crippen molar-refractivity contribution in [3.8, 4) is 0 Å². The number of aryl methyl sites for hydroxylation is 1. The maximum absolute atomic E-state index is 12.0. The monoisotopic (exact) mass is 276 g/mol. The summed E-state index contributed by atoms with van der Waals surface area (Å²) in [7, 11) is 1.32. The van der Waals surface area contributed by atoms with Gasteiger partial charge in [0.25, 0.3) is 0 Å². The molecule has 0 saturated heterocycles. The lowest BCUT2D eigenvalue weighted by molar-refractivity contribution is -0.143. The number of alkyl halides is 3. The van der Waals surface area contributed by atoms with Crippen molar-refractivity contribution in [2.45, 2.75) is 13.1 Å². The number of hydrogen-bond acceptors (Lipinski definition) is 4. The Labute approximate surface area is 109 Å². The summed E-state index contributed by atoms with van der Waals surface area (Å²) in [5, 5.41) is 0. The van der Waals surface area contributed by atoms with E-state index in [1.54, 1.807) is 19.2 Å². The molecule has 0 atom stereocenters. The van der Waals surface area contributed by atoms with E-state index in [2.05, 4.69) is 4.98 Å². The Kier molecular flexibility index (Phi) is 5.29. The number of esters is 1. The van der Waals surface area contributed by atoms with Gasteiger partial charge in [-0.15, -0.1) is 0 Å². The zero-order valence-corrected chi connectivity index (χ0v) is 10.7. The van der Waals surface area contributed by atoms with Gasteiger partial charge >= 0.3 is 12.1 Å². The van der Waals surface area contributed by atoms with Crippen LogP contribution in [0.4, 0.5) is 13.2 Å². The first kappa shape index (κ1) is 15.4. The molecular weight excluding hydrogens is 261 g/mol. The number of pyridine rings is 1. The minimum atomic E-state index is -4.25. The summed E-state index contributed by atoms with van der Waals surface area (Å²) in [6.45, 7) is 0.668. The fraction of sp³-hybridized carbons (Fsp3) is 0.500. The predicted molar refractivity (Wildman–Crippen MR) is 62.8 cm³/mol. The minimum Gasteiger partial charge on any atom is -0.461 e. The Morgan fingerprint density at radius 1 is 1.42 bits per heavy atom. The lowest BCUT2D eigenvalue weighted by Crippen LogP contribution is -2.33. The second-order valence-electron chi connectivity index (χ2n) is 4.24. The number of halogens is 3. The van der Waals surface area contributed by atoms with Crippen molar-refractivity contribution in [1.82, 2.24) is 9.88 Å². The predicted octanol–water partition coefficient (Wildman–Crippen LogP) is 2.04. The van der Waals surface area contributed by atoms with E-state index in [0.717, 1.165) is 10.5 Å². The number of carbonyl (C=O) groups excluding carboxylic acids is 1. The maximum Gasteiger partial charge on any atom is 0.401 e. The molecule has 0 spiro atoms. The minimum absolute atomic E-state index is 0.0183. The van der Waals surface area contributed by atoms with Gasteiger partial charge in [-0.1, -0.05) is 0 Å². The first-order chi connectivity index (χ1) is 8.78. The van der Waals surface area contributed by atoms with Gasteiger partial charge in [0.05, 0.1) is 12.1 Å². The Balaban J connectivity index is 2.35.